The maximum atomic E-state index is 13.3. The highest BCUT2D eigenvalue weighted by atomic mass is 19.1. The lowest BCUT2D eigenvalue weighted by molar-refractivity contribution is -0.387. The van der Waals surface area contributed by atoms with Crippen molar-refractivity contribution in [3.05, 3.63) is 69.0 Å². The first-order valence-corrected chi connectivity index (χ1v) is 6.92. The van der Waals surface area contributed by atoms with Crippen LogP contribution in [0, 0.1) is 15.9 Å². The Labute approximate surface area is 125 Å². The highest BCUT2D eigenvalue weighted by Gasteiger charge is 2.18. The zero-order valence-corrected chi connectivity index (χ0v) is 11.6. The molecule has 2 aromatic rings. The number of rotatable bonds is 3. The number of benzene rings is 2. The Bertz CT molecular complexity index is 774. The quantitative estimate of drug-likeness (QED) is 0.696. The van der Waals surface area contributed by atoms with Gasteiger partial charge in [0, 0.05) is 17.3 Å². The van der Waals surface area contributed by atoms with Gasteiger partial charge in [-0.1, -0.05) is 6.07 Å². The fourth-order valence-corrected chi connectivity index (χ4v) is 2.65. The molecule has 5 nitrogen and oxygen atoms in total. The van der Waals surface area contributed by atoms with Gasteiger partial charge in [-0.05, 0) is 54.7 Å². The largest absolute Gasteiger partial charge is 0.322 e. The summed E-state index contributed by atoms with van der Waals surface area (Å²) in [7, 11) is 0. The third kappa shape index (κ3) is 2.67. The standard InChI is InChI=1S/C16H13FN2O3/c17-14-7-5-12(9-15(14)19(21)22)16(20)18-13-6-4-10-2-1-3-11(10)8-13/h4-9H,1-3H2,(H,18,20). The molecule has 0 atom stereocenters. The second-order valence-corrected chi connectivity index (χ2v) is 5.21. The summed E-state index contributed by atoms with van der Waals surface area (Å²) in [4.78, 5) is 22.0. The lowest BCUT2D eigenvalue weighted by atomic mass is 10.1. The minimum absolute atomic E-state index is 0.0496. The van der Waals surface area contributed by atoms with E-state index in [-0.39, 0.29) is 5.56 Å². The summed E-state index contributed by atoms with van der Waals surface area (Å²) < 4.78 is 13.3. The van der Waals surface area contributed by atoms with Crippen LogP contribution < -0.4 is 5.32 Å². The van der Waals surface area contributed by atoms with Crippen molar-refractivity contribution in [2.75, 3.05) is 5.32 Å². The van der Waals surface area contributed by atoms with Gasteiger partial charge >= 0.3 is 5.69 Å². The fraction of sp³-hybridized carbons (Fsp3) is 0.188. The first-order valence-electron chi connectivity index (χ1n) is 6.92. The second-order valence-electron chi connectivity index (χ2n) is 5.21. The van der Waals surface area contributed by atoms with Crippen LogP contribution in [0.5, 0.6) is 0 Å². The van der Waals surface area contributed by atoms with Crippen LogP contribution in [-0.2, 0) is 12.8 Å². The van der Waals surface area contributed by atoms with Crippen molar-refractivity contribution in [3.8, 4) is 0 Å². The van der Waals surface area contributed by atoms with Gasteiger partial charge in [0.25, 0.3) is 5.91 Å². The van der Waals surface area contributed by atoms with Crippen LogP contribution in [0.1, 0.15) is 27.9 Å². The number of nitrogens with one attached hydrogen (secondary N) is 1. The number of aryl methyl sites for hydroxylation is 2. The Balaban J connectivity index is 1.83. The molecule has 1 N–H and O–H groups in total. The van der Waals surface area contributed by atoms with E-state index in [9.17, 15) is 19.3 Å². The monoisotopic (exact) mass is 300 g/mol. The summed E-state index contributed by atoms with van der Waals surface area (Å²) in [5, 5.41) is 13.4. The molecular formula is C16H13FN2O3. The van der Waals surface area contributed by atoms with E-state index in [2.05, 4.69) is 5.32 Å². The zero-order chi connectivity index (χ0) is 15.7. The molecule has 0 saturated carbocycles. The number of carbonyl (C=O) groups is 1. The van der Waals surface area contributed by atoms with Gasteiger partial charge in [-0.25, -0.2) is 0 Å². The van der Waals surface area contributed by atoms with Gasteiger partial charge in [0.2, 0.25) is 5.82 Å². The van der Waals surface area contributed by atoms with Gasteiger partial charge in [-0.2, -0.15) is 4.39 Å². The number of anilines is 1. The van der Waals surface area contributed by atoms with Crippen LogP contribution >= 0.6 is 0 Å². The Morgan fingerprint density at radius 2 is 1.91 bits per heavy atom. The van der Waals surface area contributed by atoms with E-state index < -0.39 is 22.3 Å². The topological polar surface area (TPSA) is 72.2 Å². The van der Waals surface area contributed by atoms with Gasteiger partial charge in [-0.3, -0.25) is 14.9 Å². The smallest absolute Gasteiger partial charge is 0.305 e. The van der Waals surface area contributed by atoms with Crippen molar-refractivity contribution in [1.29, 1.82) is 0 Å². The second kappa shape index (κ2) is 5.55. The highest BCUT2D eigenvalue weighted by Crippen LogP contribution is 2.25. The Morgan fingerprint density at radius 3 is 2.68 bits per heavy atom. The third-order valence-electron chi connectivity index (χ3n) is 3.76. The van der Waals surface area contributed by atoms with Crippen LogP contribution in [0.2, 0.25) is 0 Å². The molecule has 1 amide bonds. The number of carbonyl (C=O) groups excluding carboxylic acids is 1. The number of hydrogen-bond acceptors (Lipinski definition) is 3. The molecule has 0 bridgehead atoms. The van der Waals surface area contributed by atoms with Gasteiger partial charge in [0.15, 0.2) is 0 Å². The van der Waals surface area contributed by atoms with E-state index in [1.54, 1.807) is 6.07 Å². The van der Waals surface area contributed by atoms with Gasteiger partial charge in [0.1, 0.15) is 0 Å². The molecular weight excluding hydrogens is 287 g/mol. The number of hydrogen-bond donors (Lipinski definition) is 1. The molecule has 1 aliphatic rings. The van der Waals surface area contributed by atoms with Crippen molar-refractivity contribution < 1.29 is 14.1 Å². The summed E-state index contributed by atoms with van der Waals surface area (Å²) in [6.07, 6.45) is 3.14. The molecule has 0 radical (unpaired) electrons. The van der Waals surface area contributed by atoms with Crippen molar-refractivity contribution >= 4 is 17.3 Å². The molecule has 3 rings (SSSR count). The summed E-state index contributed by atoms with van der Waals surface area (Å²) in [6.45, 7) is 0. The normalized spacial score (nSPS) is 12.8. The molecule has 112 valence electrons. The fourth-order valence-electron chi connectivity index (χ4n) is 2.65. The first kappa shape index (κ1) is 14.2. The van der Waals surface area contributed by atoms with Crippen LogP contribution in [0.15, 0.2) is 36.4 Å². The molecule has 6 heteroatoms. The Hall–Kier alpha value is -2.76. The molecule has 0 fully saturated rings. The molecule has 0 spiro atoms. The summed E-state index contributed by atoms with van der Waals surface area (Å²) in [5.41, 5.74) is 2.48. The highest BCUT2D eigenvalue weighted by molar-refractivity contribution is 6.04. The number of nitrogens with zero attached hydrogens (tertiary/aromatic N) is 1. The molecule has 0 saturated heterocycles. The Morgan fingerprint density at radius 1 is 1.14 bits per heavy atom. The average Bonchev–Trinajstić information content (AvgIpc) is 2.94. The van der Waals surface area contributed by atoms with Crippen LogP contribution in [0.4, 0.5) is 15.8 Å². The lowest BCUT2D eigenvalue weighted by Crippen LogP contribution is -2.12. The van der Waals surface area contributed by atoms with Gasteiger partial charge < -0.3 is 5.32 Å². The first-order chi connectivity index (χ1) is 10.5. The molecule has 0 unspecified atom stereocenters. The van der Waals surface area contributed by atoms with E-state index in [1.165, 1.54) is 17.2 Å². The van der Waals surface area contributed by atoms with Gasteiger partial charge in [-0.15, -0.1) is 0 Å². The third-order valence-corrected chi connectivity index (χ3v) is 3.76. The van der Waals surface area contributed by atoms with Crippen molar-refractivity contribution in [1.82, 2.24) is 0 Å². The number of halogens is 1. The average molecular weight is 300 g/mol. The van der Waals surface area contributed by atoms with Crippen molar-refractivity contribution in [2.45, 2.75) is 19.3 Å². The van der Waals surface area contributed by atoms with E-state index in [1.807, 2.05) is 12.1 Å². The van der Waals surface area contributed by atoms with Crippen molar-refractivity contribution in [2.24, 2.45) is 0 Å². The maximum Gasteiger partial charge on any atom is 0.305 e. The number of nitro benzene ring substituents is 1. The predicted octanol–water partition coefficient (Wildman–Crippen LogP) is 3.47. The Kier molecular flexibility index (Phi) is 3.58. The van der Waals surface area contributed by atoms with Crippen molar-refractivity contribution in [3.63, 3.8) is 0 Å². The molecule has 1 aliphatic carbocycles. The molecule has 0 aromatic heterocycles. The molecule has 0 aliphatic heterocycles. The zero-order valence-electron chi connectivity index (χ0n) is 11.6. The summed E-state index contributed by atoms with van der Waals surface area (Å²) in [6, 6.07) is 8.79. The number of amides is 1. The SMILES string of the molecule is O=C(Nc1ccc2c(c1)CCC2)c1ccc(F)c([N+](=O)[O-])c1. The van der Waals surface area contributed by atoms with Crippen LogP contribution in [0.3, 0.4) is 0 Å². The van der Waals surface area contributed by atoms with Crippen LogP contribution in [0.25, 0.3) is 0 Å². The van der Waals surface area contributed by atoms with Gasteiger partial charge in [0.05, 0.1) is 4.92 Å². The van der Waals surface area contributed by atoms with E-state index in [0.717, 1.165) is 31.4 Å². The summed E-state index contributed by atoms with van der Waals surface area (Å²) in [5.74, 6) is -1.46. The van der Waals surface area contributed by atoms with E-state index in [0.29, 0.717) is 5.69 Å². The van der Waals surface area contributed by atoms with E-state index in [4.69, 9.17) is 0 Å². The number of fused-ring (bicyclic) bond motifs is 1. The maximum absolute atomic E-state index is 13.3. The van der Waals surface area contributed by atoms with E-state index >= 15 is 0 Å². The lowest BCUT2D eigenvalue weighted by Gasteiger charge is -2.07. The minimum Gasteiger partial charge on any atom is -0.322 e. The summed E-state index contributed by atoms with van der Waals surface area (Å²) >= 11 is 0. The number of nitro groups is 1. The molecule has 22 heavy (non-hydrogen) atoms. The molecule has 0 heterocycles. The predicted molar refractivity (Wildman–Crippen MR) is 79.5 cm³/mol. The van der Waals surface area contributed by atoms with Crippen LogP contribution in [-0.4, -0.2) is 10.8 Å². The minimum atomic E-state index is -0.959. The molecule has 2 aromatic carbocycles.